The van der Waals surface area contributed by atoms with Crippen LogP contribution in [-0.4, -0.2) is 39.3 Å². The van der Waals surface area contributed by atoms with Crippen LogP contribution in [0.5, 0.6) is 0 Å². The predicted octanol–water partition coefficient (Wildman–Crippen LogP) is 1.36. The van der Waals surface area contributed by atoms with Crippen LogP contribution in [0.1, 0.15) is 30.1 Å². The van der Waals surface area contributed by atoms with Gasteiger partial charge in [0.1, 0.15) is 0 Å². The molecule has 0 bridgehead atoms. The van der Waals surface area contributed by atoms with Gasteiger partial charge in [-0.15, -0.1) is 0 Å². The highest BCUT2D eigenvalue weighted by Gasteiger charge is 2.16. The molecule has 1 aliphatic rings. The number of anilines is 1. The number of benzene rings is 1. The maximum absolute atomic E-state index is 11.9. The second kappa shape index (κ2) is 6.91. The first-order valence-electron chi connectivity index (χ1n) is 7.00. The molecule has 0 saturated carbocycles. The predicted molar refractivity (Wildman–Crippen MR) is 80.8 cm³/mol. The van der Waals surface area contributed by atoms with Crippen molar-refractivity contribution in [3.8, 4) is 0 Å². The largest absolute Gasteiger partial charge is 0.376 e. The minimum atomic E-state index is -3.29. The lowest BCUT2D eigenvalue weighted by molar-refractivity contribution is 0.0858. The molecule has 1 amide bonds. The smallest absolute Gasteiger partial charge is 0.251 e. The quantitative estimate of drug-likeness (QED) is 0.830. The van der Waals surface area contributed by atoms with E-state index in [1.807, 2.05) is 0 Å². The van der Waals surface area contributed by atoms with E-state index in [0.717, 1.165) is 19.4 Å². The van der Waals surface area contributed by atoms with Gasteiger partial charge in [-0.25, -0.2) is 8.42 Å². The van der Waals surface area contributed by atoms with E-state index in [1.165, 1.54) is 0 Å². The Morgan fingerprint density at radius 3 is 2.62 bits per heavy atom. The second-order valence-electron chi connectivity index (χ2n) is 4.93. The van der Waals surface area contributed by atoms with E-state index < -0.39 is 10.0 Å². The first-order chi connectivity index (χ1) is 10.00. The summed E-state index contributed by atoms with van der Waals surface area (Å²) in [7, 11) is -3.29. The highest BCUT2D eigenvalue weighted by Crippen LogP contribution is 2.13. The summed E-state index contributed by atoms with van der Waals surface area (Å²) in [6.07, 6.45) is 2.11. The van der Waals surface area contributed by atoms with Crippen LogP contribution in [0.2, 0.25) is 0 Å². The Bertz CT molecular complexity index is 577. The Kier molecular flexibility index (Phi) is 5.19. The average Bonchev–Trinajstić information content (AvgIpc) is 2.98. The third-order valence-electron chi connectivity index (χ3n) is 3.31. The van der Waals surface area contributed by atoms with E-state index in [2.05, 4.69) is 10.0 Å². The molecular weight excluding hydrogens is 292 g/mol. The molecule has 21 heavy (non-hydrogen) atoms. The Morgan fingerprint density at radius 2 is 2.05 bits per heavy atom. The molecular formula is C14H20N2O4S. The molecule has 1 saturated heterocycles. The topological polar surface area (TPSA) is 84.5 Å². The Morgan fingerprint density at radius 1 is 1.33 bits per heavy atom. The van der Waals surface area contributed by atoms with E-state index in [0.29, 0.717) is 17.8 Å². The van der Waals surface area contributed by atoms with Crippen LogP contribution in [0, 0.1) is 0 Å². The molecule has 1 heterocycles. The van der Waals surface area contributed by atoms with Gasteiger partial charge in [0.05, 0.1) is 11.9 Å². The highest BCUT2D eigenvalue weighted by molar-refractivity contribution is 7.92. The molecule has 0 spiro atoms. The molecule has 1 aromatic rings. The van der Waals surface area contributed by atoms with Gasteiger partial charge >= 0.3 is 0 Å². The monoisotopic (exact) mass is 312 g/mol. The summed E-state index contributed by atoms with van der Waals surface area (Å²) in [6, 6.07) is 6.35. The number of sulfonamides is 1. The fourth-order valence-corrected chi connectivity index (χ4v) is 2.69. The number of hydrogen-bond acceptors (Lipinski definition) is 4. The number of amides is 1. The standard InChI is InChI=1S/C14H20N2O4S/c1-2-21(18,19)16-12-7-5-11(6-8-12)14(17)15-10-13-4-3-9-20-13/h5-8,13,16H,2-4,9-10H2,1H3,(H,15,17)/t13-/m1/s1. The summed E-state index contributed by atoms with van der Waals surface area (Å²) < 4.78 is 30.7. The molecule has 6 nitrogen and oxygen atoms in total. The van der Waals surface area contributed by atoms with Gasteiger partial charge in [-0.05, 0) is 44.0 Å². The van der Waals surface area contributed by atoms with Crippen molar-refractivity contribution in [2.75, 3.05) is 23.6 Å². The molecule has 0 aliphatic carbocycles. The third kappa shape index (κ3) is 4.71. The van der Waals surface area contributed by atoms with Gasteiger partial charge in [0.25, 0.3) is 5.91 Å². The van der Waals surface area contributed by atoms with Gasteiger partial charge in [0, 0.05) is 24.4 Å². The number of rotatable bonds is 6. The minimum absolute atomic E-state index is 0.0105. The van der Waals surface area contributed by atoms with Crippen LogP contribution in [0.25, 0.3) is 0 Å². The summed E-state index contributed by atoms with van der Waals surface area (Å²) in [5.74, 6) is -0.174. The van der Waals surface area contributed by atoms with Crippen LogP contribution >= 0.6 is 0 Å². The zero-order chi connectivity index (χ0) is 15.3. The number of carbonyl (C=O) groups is 1. The van der Waals surface area contributed by atoms with Crippen LogP contribution in [0.3, 0.4) is 0 Å². The van der Waals surface area contributed by atoms with Crippen molar-refractivity contribution in [3.05, 3.63) is 29.8 Å². The van der Waals surface area contributed by atoms with Crippen LogP contribution < -0.4 is 10.0 Å². The summed E-state index contributed by atoms with van der Waals surface area (Å²) in [4.78, 5) is 11.9. The van der Waals surface area contributed by atoms with Gasteiger partial charge in [-0.2, -0.15) is 0 Å². The van der Waals surface area contributed by atoms with Crippen LogP contribution in [0.4, 0.5) is 5.69 Å². The molecule has 2 N–H and O–H groups in total. The number of nitrogens with one attached hydrogen (secondary N) is 2. The lowest BCUT2D eigenvalue weighted by Gasteiger charge is -2.11. The number of hydrogen-bond donors (Lipinski definition) is 2. The zero-order valence-corrected chi connectivity index (χ0v) is 12.8. The summed E-state index contributed by atoms with van der Waals surface area (Å²) >= 11 is 0. The van der Waals surface area contributed by atoms with Crippen molar-refractivity contribution in [3.63, 3.8) is 0 Å². The molecule has 0 aromatic heterocycles. The van der Waals surface area contributed by atoms with Gasteiger partial charge in [0.15, 0.2) is 0 Å². The van der Waals surface area contributed by atoms with Crippen molar-refractivity contribution in [2.24, 2.45) is 0 Å². The van der Waals surface area contributed by atoms with E-state index in [4.69, 9.17) is 4.74 Å². The molecule has 1 fully saturated rings. The lowest BCUT2D eigenvalue weighted by Crippen LogP contribution is -2.31. The van der Waals surface area contributed by atoms with Crippen molar-refractivity contribution >= 4 is 21.6 Å². The Labute approximate surface area is 124 Å². The maximum atomic E-state index is 11.9. The summed E-state index contributed by atoms with van der Waals surface area (Å²) in [5, 5.41) is 2.82. The maximum Gasteiger partial charge on any atom is 0.251 e. The van der Waals surface area contributed by atoms with Gasteiger partial charge < -0.3 is 10.1 Å². The lowest BCUT2D eigenvalue weighted by atomic mass is 10.2. The van der Waals surface area contributed by atoms with Crippen molar-refractivity contribution < 1.29 is 17.9 Å². The molecule has 1 aromatic carbocycles. The second-order valence-corrected chi connectivity index (χ2v) is 6.94. The fourth-order valence-electron chi connectivity index (χ4n) is 2.06. The Hall–Kier alpha value is -1.60. The van der Waals surface area contributed by atoms with Crippen molar-refractivity contribution in [2.45, 2.75) is 25.9 Å². The fraction of sp³-hybridized carbons (Fsp3) is 0.500. The van der Waals surface area contributed by atoms with Gasteiger partial charge in [-0.1, -0.05) is 0 Å². The SMILES string of the molecule is CCS(=O)(=O)Nc1ccc(C(=O)NC[C@H]2CCCO2)cc1. The zero-order valence-electron chi connectivity index (χ0n) is 12.0. The molecule has 0 radical (unpaired) electrons. The van der Waals surface area contributed by atoms with Crippen molar-refractivity contribution in [1.82, 2.24) is 5.32 Å². The number of ether oxygens (including phenoxy) is 1. The highest BCUT2D eigenvalue weighted by atomic mass is 32.2. The normalized spacial score (nSPS) is 18.4. The average molecular weight is 312 g/mol. The van der Waals surface area contributed by atoms with Crippen LogP contribution in [0.15, 0.2) is 24.3 Å². The van der Waals surface area contributed by atoms with Crippen molar-refractivity contribution in [1.29, 1.82) is 0 Å². The summed E-state index contributed by atoms with van der Waals surface area (Å²) in [6.45, 7) is 2.82. The molecule has 0 unspecified atom stereocenters. The first-order valence-corrected chi connectivity index (χ1v) is 8.66. The third-order valence-corrected chi connectivity index (χ3v) is 4.62. The van der Waals surface area contributed by atoms with Crippen LogP contribution in [-0.2, 0) is 14.8 Å². The Balaban J connectivity index is 1.90. The first kappa shape index (κ1) is 15.8. The minimum Gasteiger partial charge on any atom is -0.376 e. The van der Waals surface area contributed by atoms with E-state index in [-0.39, 0.29) is 17.8 Å². The summed E-state index contributed by atoms with van der Waals surface area (Å²) in [5.41, 5.74) is 0.944. The number of carbonyl (C=O) groups excluding carboxylic acids is 1. The molecule has 116 valence electrons. The molecule has 7 heteroatoms. The molecule has 1 atom stereocenters. The van der Waals surface area contributed by atoms with E-state index in [9.17, 15) is 13.2 Å². The van der Waals surface area contributed by atoms with E-state index >= 15 is 0 Å². The van der Waals surface area contributed by atoms with Gasteiger partial charge in [-0.3, -0.25) is 9.52 Å². The molecule has 2 rings (SSSR count). The molecule has 1 aliphatic heterocycles. The van der Waals surface area contributed by atoms with Gasteiger partial charge in [0.2, 0.25) is 10.0 Å². The van der Waals surface area contributed by atoms with E-state index in [1.54, 1.807) is 31.2 Å².